The smallest absolute Gasteiger partial charge is 0.320 e. The van der Waals surface area contributed by atoms with E-state index >= 15 is 0 Å². The molecule has 0 radical (unpaired) electrons. The molecule has 2 heterocycles. The van der Waals surface area contributed by atoms with Crippen molar-refractivity contribution in [3.63, 3.8) is 0 Å². The van der Waals surface area contributed by atoms with Crippen molar-refractivity contribution in [1.29, 1.82) is 0 Å². The second-order valence-electron chi connectivity index (χ2n) is 5.59. The summed E-state index contributed by atoms with van der Waals surface area (Å²) in [5, 5.41) is 23.1. The van der Waals surface area contributed by atoms with Crippen LogP contribution >= 0.6 is 0 Å². The van der Waals surface area contributed by atoms with Crippen LogP contribution in [-0.4, -0.2) is 40.8 Å². The average Bonchev–Trinajstić information content (AvgIpc) is 3.21. The molecule has 3 unspecified atom stereocenters. The molecule has 2 aliphatic rings. The van der Waals surface area contributed by atoms with E-state index in [0.717, 1.165) is 32.2 Å². The second-order valence-corrected chi connectivity index (χ2v) is 5.59. The summed E-state index contributed by atoms with van der Waals surface area (Å²) < 4.78 is 0. The molecule has 3 atom stereocenters. The third kappa shape index (κ3) is 4.54. The quantitative estimate of drug-likeness (QED) is 0.673. The molecular weight excluding hydrogens is 284 g/mol. The van der Waals surface area contributed by atoms with Gasteiger partial charge in [-0.25, -0.2) is 0 Å². The van der Waals surface area contributed by atoms with E-state index in [1.807, 2.05) is 30.3 Å². The molecule has 0 aromatic heterocycles. The molecule has 0 spiro atoms. The maximum Gasteiger partial charge on any atom is 0.320 e. The van der Waals surface area contributed by atoms with Gasteiger partial charge in [0, 0.05) is 6.04 Å². The van der Waals surface area contributed by atoms with Crippen LogP contribution in [0.2, 0.25) is 0 Å². The summed E-state index contributed by atoms with van der Waals surface area (Å²) in [5.41, 5.74) is 1.18. The summed E-state index contributed by atoms with van der Waals surface area (Å²) in [6.07, 6.45) is 3.40. The minimum Gasteiger partial charge on any atom is -0.480 e. The molecule has 1 aromatic rings. The lowest BCUT2D eigenvalue weighted by Gasteiger charge is -2.11. The Labute approximate surface area is 129 Å². The van der Waals surface area contributed by atoms with Crippen LogP contribution in [0.25, 0.3) is 0 Å². The normalized spacial score (nSPS) is 27.0. The molecule has 2 aliphatic heterocycles. The van der Waals surface area contributed by atoms with Crippen molar-refractivity contribution in [2.24, 2.45) is 0 Å². The first-order valence-electron chi connectivity index (χ1n) is 7.58. The fourth-order valence-corrected chi connectivity index (χ4v) is 2.78. The fraction of sp³-hybridized carbons (Fsp3) is 0.500. The SMILES string of the molecule is O=C(O)C1CCC(c2ccccc2)N1.O=C(O)C1CCCN1. The van der Waals surface area contributed by atoms with E-state index in [1.165, 1.54) is 5.56 Å². The maximum atomic E-state index is 10.7. The summed E-state index contributed by atoms with van der Waals surface area (Å²) in [5.74, 6) is -1.47. The summed E-state index contributed by atoms with van der Waals surface area (Å²) >= 11 is 0. The first-order chi connectivity index (χ1) is 10.6. The molecule has 120 valence electrons. The fourth-order valence-electron chi connectivity index (χ4n) is 2.78. The van der Waals surface area contributed by atoms with E-state index in [4.69, 9.17) is 10.2 Å². The number of carbonyl (C=O) groups is 2. The monoisotopic (exact) mass is 306 g/mol. The predicted octanol–water partition coefficient (Wildman–Crippen LogP) is 1.39. The number of nitrogens with one attached hydrogen (secondary N) is 2. The van der Waals surface area contributed by atoms with Gasteiger partial charge < -0.3 is 15.5 Å². The van der Waals surface area contributed by atoms with Gasteiger partial charge in [0.05, 0.1) is 0 Å². The van der Waals surface area contributed by atoms with Crippen molar-refractivity contribution in [2.75, 3.05) is 6.54 Å². The Hall–Kier alpha value is -1.92. The van der Waals surface area contributed by atoms with Gasteiger partial charge in [0.25, 0.3) is 0 Å². The summed E-state index contributed by atoms with van der Waals surface area (Å²) in [6.45, 7) is 0.858. The highest BCUT2D eigenvalue weighted by atomic mass is 16.4. The van der Waals surface area contributed by atoms with Crippen molar-refractivity contribution in [1.82, 2.24) is 10.6 Å². The molecular formula is C16H22N2O4. The van der Waals surface area contributed by atoms with E-state index in [2.05, 4.69) is 10.6 Å². The zero-order valence-electron chi connectivity index (χ0n) is 12.4. The van der Waals surface area contributed by atoms with E-state index < -0.39 is 11.9 Å². The van der Waals surface area contributed by atoms with Crippen LogP contribution in [0.3, 0.4) is 0 Å². The lowest BCUT2D eigenvalue weighted by atomic mass is 10.1. The van der Waals surface area contributed by atoms with Crippen molar-refractivity contribution in [3.8, 4) is 0 Å². The Morgan fingerprint density at radius 3 is 2.09 bits per heavy atom. The van der Waals surface area contributed by atoms with Gasteiger partial charge in [0.15, 0.2) is 0 Å². The zero-order valence-corrected chi connectivity index (χ0v) is 12.4. The van der Waals surface area contributed by atoms with Crippen molar-refractivity contribution < 1.29 is 19.8 Å². The van der Waals surface area contributed by atoms with Gasteiger partial charge in [-0.3, -0.25) is 14.9 Å². The number of aliphatic carboxylic acids is 2. The summed E-state index contributed by atoms with van der Waals surface area (Å²) in [4.78, 5) is 20.9. The lowest BCUT2D eigenvalue weighted by molar-refractivity contribution is -0.140. The molecule has 4 N–H and O–H groups in total. The van der Waals surface area contributed by atoms with Gasteiger partial charge in [-0.05, 0) is 37.8 Å². The number of carboxylic acid groups (broad SMARTS) is 2. The largest absolute Gasteiger partial charge is 0.480 e. The third-order valence-electron chi connectivity index (χ3n) is 4.00. The van der Waals surface area contributed by atoms with Gasteiger partial charge in [-0.1, -0.05) is 30.3 Å². The molecule has 0 aliphatic carbocycles. The first-order valence-corrected chi connectivity index (χ1v) is 7.58. The number of rotatable bonds is 3. The Bertz CT molecular complexity index is 500. The molecule has 2 saturated heterocycles. The molecule has 6 heteroatoms. The van der Waals surface area contributed by atoms with E-state index in [0.29, 0.717) is 0 Å². The van der Waals surface area contributed by atoms with Crippen LogP contribution in [0.15, 0.2) is 30.3 Å². The predicted molar refractivity (Wildman–Crippen MR) is 81.6 cm³/mol. The van der Waals surface area contributed by atoms with Crippen molar-refractivity contribution in [2.45, 2.75) is 43.8 Å². The lowest BCUT2D eigenvalue weighted by Crippen LogP contribution is -2.31. The zero-order chi connectivity index (χ0) is 15.9. The summed E-state index contributed by atoms with van der Waals surface area (Å²) in [7, 11) is 0. The van der Waals surface area contributed by atoms with Gasteiger partial charge in [0.1, 0.15) is 12.1 Å². The highest BCUT2D eigenvalue weighted by Gasteiger charge is 2.29. The van der Waals surface area contributed by atoms with E-state index in [1.54, 1.807) is 0 Å². The second kappa shape index (κ2) is 7.91. The number of hydrogen-bond donors (Lipinski definition) is 4. The topological polar surface area (TPSA) is 98.7 Å². The third-order valence-corrected chi connectivity index (χ3v) is 4.00. The standard InChI is InChI=1S/C11H13NO2.C5H9NO2/c13-11(14)10-7-6-9(12-10)8-4-2-1-3-5-8;7-5(8)4-2-1-3-6-4/h1-5,9-10,12H,6-7H2,(H,13,14);4,6H,1-3H2,(H,7,8). The maximum absolute atomic E-state index is 10.7. The highest BCUT2D eigenvalue weighted by Crippen LogP contribution is 2.26. The molecule has 1 aromatic carbocycles. The average molecular weight is 306 g/mol. The van der Waals surface area contributed by atoms with Gasteiger partial charge in [-0.15, -0.1) is 0 Å². The van der Waals surface area contributed by atoms with Gasteiger partial charge in [0.2, 0.25) is 0 Å². The van der Waals surface area contributed by atoms with Crippen LogP contribution < -0.4 is 10.6 Å². The van der Waals surface area contributed by atoms with Crippen LogP contribution in [0, 0.1) is 0 Å². The van der Waals surface area contributed by atoms with E-state index in [9.17, 15) is 9.59 Å². The first kappa shape index (κ1) is 16.5. The minimum atomic E-state index is -0.747. The Morgan fingerprint density at radius 1 is 0.955 bits per heavy atom. The molecule has 22 heavy (non-hydrogen) atoms. The molecule has 0 amide bonds. The van der Waals surface area contributed by atoms with Crippen molar-refractivity contribution >= 4 is 11.9 Å². The number of benzene rings is 1. The highest BCUT2D eigenvalue weighted by molar-refractivity contribution is 5.74. The Kier molecular flexibility index (Phi) is 5.91. The van der Waals surface area contributed by atoms with Crippen LogP contribution in [0.5, 0.6) is 0 Å². The molecule has 3 rings (SSSR count). The molecule has 0 bridgehead atoms. The number of hydrogen-bond acceptors (Lipinski definition) is 4. The Morgan fingerprint density at radius 2 is 1.64 bits per heavy atom. The van der Waals surface area contributed by atoms with E-state index in [-0.39, 0.29) is 18.1 Å². The van der Waals surface area contributed by atoms with Crippen molar-refractivity contribution in [3.05, 3.63) is 35.9 Å². The molecule has 2 fully saturated rings. The molecule has 6 nitrogen and oxygen atoms in total. The van der Waals surface area contributed by atoms with Gasteiger partial charge in [-0.2, -0.15) is 0 Å². The Balaban J connectivity index is 0.000000188. The molecule has 0 saturated carbocycles. The van der Waals surface area contributed by atoms with Gasteiger partial charge >= 0.3 is 11.9 Å². The minimum absolute atomic E-state index is 0.206. The van der Waals surface area contributed by atoms with Crippen LogP contribution in [-0.2, 0) is 9.59 Å². The number of carboxylic acids is 2. The van der Waals surface area contributed by atoms with Crippen LogP contribution in [0.1, 0.15) is 37.3 Å². The van der Waals surface area contributed by atoms with Crippen LogP contribution in [0.4, 0.5) is 0 Å². The summed E-state index contributed by atoms with van der Waals surface area (Å²) in [6, 6.07) is 9.54.